The molecule has 0 N–H and O–H groups in total. The predicted molar refractivity (Wildman–Crippen MR) is 138 cm³/mol. The largest absolute Gasteiger partial charge is 0.491 e. The third-order valence-electron chi connectivity index (χ3n) is 4.72. The van der Waals surface area contributed by atoms with Crippen molar-refractivity contribution in [1.29, 1.82) is 0 Å². The zero-order valence-electron chi connectivity index (χ0n) is 21.5. The lowest BCUT2D eigenvalue weighted by Gasteiger charge is -2.15. The van der Waals surface area contributed by atoms with Gasteiger partial charge < -0.3 is 4.74 Å². The van der Waals surface area contributed by atoms with Crippen LogP contribution in [0.5, 0.6) is 0 Å². The summed E-state index contributed by atoms with van der Waals surface area (Å²) in [6.07, 6.45) is 5.10. The molecule has 0 aliphatic rings. The van der Waals surface area contributed by atoms with Gasteiger partial charge >= 0.3 is 0 Å². The number of hydrogen-bond acceptors (Lipinski definition) is 2. The van der Waals surface area contributed by atoms with Crippen molar-refractivity contribution in [2.75, 3.05) is 7.05 Å². The molecule has 0 spiro atoms. The van der Waals surface area contributed by atoms with Crippen LogP contribution in [0.1, 0.15) is 85.8 Å². The minimum atomic E-state index is 0.170. The maximum atomic E-state index is 5.52. The minimum absolute atomic E-state index is 0.170. The van der Waals surface area contributed by atoms with Gasteiger partial charge in [-0.15, -0.1) is 6.58 Å². The third-order valence-corrected chi connectivity index (χ3v) is 4.72. The predicted octanol–water partition coefficient (Wildman–Crippen LogP) is 8.66. The molecule has 2 nitrogen and oxygen atoms in total. The summed E-state index contributed by atoms with van der Waals surface area (Å²) in [6.45, 7) is 26.3. The number of benzene rings is 1. The molecule has 0 heterocycles. The maximum Gasteiger partial charge on any atom is 0.115 e. The number of unbranched alkanes of at least 4 members (excludes halogenated alkanes) is 1. The highest BCUT2D eigenvalue weighted by molar-refractivity contribution is 5.98. The fourth-order valence-corrected chi connectivity index (χ4v) is 2.32. The first kappa shape index (κ1) is 30.1. The number of aryl methyl sites for hydroxylation is 2. The van der Waals surface area contributed by atoms with Gasteiger partial charge in [0.05, 0.1) is 6.10 Å². The van der Waals surface area contributed by atoms with Crippen molar-refractivity contribution in [2.45, 2.75) is 94.1 Å². The van der Waals surface area contributed by atoms with E-state index in [0.717, 1.165) is 29.0 Å². The fraction of sp³-hybridized carbons (Fsp3) is 0.536. The molecule has 0 atom stereocenters. The van der Waals surface area contributed by atoms with E-state index in [2.05, 4.69) is 70.1 Å². The highest BCUT2D eigenvalue weighted by Crippen LogP contribution is 2.16. The summed E-state index contributed by atoms with van der Waals surface area (Å²) in [5, 5.41) is 0. The Morgan fingerprint density at radius 1 is 0.967 bits per heavy atom. The highest BCUT2D eigenvalue weighted by atomic mass is 16.5. The van der Waals surface area contributed by atoms with Crippen molar-refractivity contribution >= 4 is 5.71 Å². The molecule has 0 bridgehead atoms. The number of aliphatic imine (C=N–C) groups is 1. The van der Waals surface area contributed by atoms with Gasteiger partial charge in [-0.25, -0.2) is 0 Å². The summed E-state index contributed by atoms with van der Waals surface area (Å²) in [4.78, 5) is 4.13. The second kappa shape index (κ2) is 17.7. The van der Waals surface area contributed by atoms with Crippen molar-refractivity contribution in [3.05, 3.63) is 71.0 Å². The molecular formula is C28H47NO. The summed E-state index contributed by atoms with van der Waals surface area (Å²) in [5.74, 6) is 0.737. The molecule has 0 aromatic heterocycles. The average Bonchev–Trinajstić information content (AvgIpc) is 2.71. The summed E-state index contributed by atoms with van der Waals surface area (Å²) >= 11 is 0. The van der Waals surface area contributed by atoms with E-state index < -0.39 is 0 Å². The zero-order chi connectivity index (χ0) is 23.7. The van der Waals surface area contributed by atoms with Gasteiger partial charge in [-0.2, -0.15) is 0 Å². The van der Waals surface area contributed by atoms with E-state index >= 15 is 0 Å². The molecule has 0 amide bonds. The van der Waals surface area contributed by atoms with Crippen molar-refractivity contribution in [2.24, 2.45) is 4.99 Å². The molecule has 0 unspecified atom stereocenters. The van der Waals surface area contributed by atoms with Gasteiger partial charge in [0.15, 0.2) is 0 Å². The van der Waals surface area contributed by atoms with Crippen LogP contribution in [-0.4, -0.2) is 18.9 Å². The quantitative estimate of drug-likeness (QED) is 0.181. The van der Waals surface area contributed by atoms with Crippen molar-refractivity contribution in [3.8, 4) is 0 Å². The molecule has 30 heavy (non-hydrogen) atoms. The monoisotopic (exact) mass is 413 g/mol. The molecule has 0 saturated carbocycles. The second-order valence-electron chi connectivity index (χ2n) is 8.05. The Morgan fingerprint density at radius 2 is 1.50 bits per heavy atom. The molecule has 2 heteroatoms. The van der Waals surface area contributed by atoms with Gasteiger partial charge in [-0.05, 0) is 84.4 Å². The summed E-state index contributed by atoms with van der Waals surface area (Å²) in [6, 6.07) is 8.66. The molecule has 170 valence electrons. The van der Waals surface area contributed by atoms with E-state index in [4.69, 9.17) is 4.74 Å². The third kappa shape index (κ3) is 15.8. The first-order valence-electron chi connectivity index (χ1n) is 11.2. The van der Waals surface area contributed by atoms with Crippen LogP contribution in [0.4, 0.5) is 0 Å². The molecule has 1 aromatic rings. The van der Waals surface area contributed by atoms with Crippen LogP contribution in [0.15, 0.2) is 64.9 Å². The van der Waals surface area contributed by atoms with Crippen molar-refractivity contribution in [3.63, 3.8) is 0 Å². The molecule has 0 radical (unpaired) electrons. The van der Waals surface area contributed by atoms with Crippen LogP contribution < -0.4 is 0 Å². The SMILES string of the molecule is C=C(C)CCCC.C=C(OC(C)C)/C(C)=C(/C)C(C)=NC.CCc1ccc(C)cc1. The summed E-state index contributed by atoms with van der Waals surface area (Å²) < 4.78 is 5.52. The minimum Gasteiger partial charge on any atom is -0.491 e. The van der Waals surface area contributed by atoms with Crippen LogP contribution >= 0.6 is 0 Å². The molecule has 1 rings (SSSR count). The van der Waals surface area contributed by atoms with Crippen LogP contribution in [0.3, 0.4) is 0 Å². The lowest BCUT2D eigenvalue weighted by atomic mass is 10.1. The normalized spacial score (nSPS) is 11.5. The maximum absolute atomic E-state index is 5.52. The van der Waals surface area contributed by atoms with E-state index in [9.17, 15) is 0 Å². The van der Waals surface area contributed by atoms with E-state index in [-0.39, 0.29) is 6.10 Å². The van der Waals surface area contributed by atoms with E-state index in [1.54, 1.807) is 7.05 Å². The molecule has 0 saturated heterocycles. The first-order chi connectivity index (χ1) is 14.0. The number of ether oxygens (including phenoxy) is 1. The Kier molecular flexibility index (Phi) is 17.8. The number of allylic oxidation sites excluding steroid dienone is 3. The van der Waals surface area contributed by atoms with E-state index in [1.807, 2.05) is 34.6 Å². The van der Waals surface area contributed by atoms with Crippen LogP contribution in [0.2, 0.25) is 0 Å². The Hall–Kier alpha value is -2.09. The van der Waals surface area contributed by atoms with Crippen molar-refractivity contribution < 1.29 is 4.74 Å². The van der Waals surface area contributed by atoms with Gasteiger partial charge in [0.2, 0.25) is 0 Å². The summed E-state index contributed by atoms with van der Waals surface area (Å²) in [5.41, 5.74) is 7.30. The standard InChI is InChI=1S/C12H21NO.C9H12.C7H14/c1-8(2)14-12(6)10(4)9(3)11(5)13-7;1-3-9-6-4-8(2)5-7-9;1-4-5-6-7(2)3/h8H,6H2,1-5,7H3;4-7H,3H2,1-2H3;2,4-6H2,1,3H3/b10-9-,13-11?;;. The lowest BCUT2D eigenvalue weighted by Crippen LogP contribution is -2.05. The van der Waals surface area contributed by atoms with Crippen LogP contribution in [-0.2, 0) is 11.2 Å². The number of nitrogens with zero attached hydrogens (tertiary/aromatic N) is 1. The van der Waals surface area contributed by atoms with Crippen molar-refractivity contribution in [1.82, 2.24) is 0 Å². The van der Waals surface area contributed by atoms with E-state index in [1.165, 1.54) is 36.0 Å². The Balaban J connectivity index is 0. The Bertz CT molecular complexity index is 675. The van der Waals surface area contributed by atoms with Crippen LogP contribution in [0.25, 0.3) is 0 Å². The Labute approximate surface area is 187 Å². The number of hydrogen-bond donors (Lipinski definition) is 0. The number of rotatable bonds is 8. The van der Waals surface area contributed by atoms with Gasteiger partial charge in [-0.3, -0.25) is 4.99 Å². The van der Waals surface area contributed by atoms with E-state index in [0.29, 0.717) is 0 Å². The van der Waals surface area contributed by atoms with Crippen LogP contribution in [0, 0.1) is 6.92 Å². The summed E-state index contributed by atoms with van der Waals surface area (Å²) in [7, 11) is 1.79. The van der Waals surface area contributed by atoms with Gasteiger partial charge in [0.1, 0.15) is 5.76 Å². The molecule has 0 fully saturated rings. The molecule has 0 aliphatic carbocycles. The lowest BCUT2D eigenvalue weighted by molar-refractivity contribution is 0.155. The van der Waals surface area contributed by atoms with Gasteiger partial charge in [0.25, 0.3) is 0 Å². The van der Waals surface area contributed by atoms with Gasteiger partial charge in [0, 0.05) is 12.8 Å². The zero-order valence-corrected chi connectivity index (χ0v) is 21.5. The smallest absolute Gasteiger partial charge is 0.115 e. The fourth-order valence-electron chi connectivity index (χ4n) is 2.32. The Morgan fingerprint density at radius 3 is 1.83 bits per heavy atom. The van der Waals surface area contributed by atoms with Gasteiger partial charge in [-0.1, -0.05) is 62.2 Å². The topological polar surface area (TPSA) is 21.6 Å². The molecule has 1 aromatic carbocycles. The second-order valence-corrected chi connectivity index (χ2v) is 8.05. The molecular weight excluding hydrogens is 366 g/mol. The molecule has 0 aliphatic heterocycles. The first-order valence-corrected chi connectivity index (χ1v) is 11.2. The highest BCUT2D eigenvalue weighted by Gasteiger charge is 2.06. The average molecular weight is 414 g/mol.